The quantitative estimate of drug-likeness (QED) is 0.582. The van der Waals surface area contributed by atoms with Crippen LogP contribution in [-0.2, 0) is 0 Å². The summed E-state index contributed by atoms with van der Waals surface area (Å²) in [5, 5.41) is 3.41. The largest absolute Gasteiger partial charge is 0.385 e. The molecule has 0 amide bonds. The van der Waals surface area contributed by atoms with Crippen LogP contribution < -0.4 is 5.32 Å². The van der Waals surface area contributed by atoms with Crippen LogP contribution in [0.4, 0.5) is 0 Å². The molecule has 2 rings (SSSR count). The van der Waals surface area contributed by atoms with E-state index >= 15 is 0 Å². The Balaban J connectivity index is 0.000000336. The molecule has 0 aromatic carbocycles. The Morgan fingerprint density at radius 1 is 1.17 bits per heavy atom. The molecular weight excluding hydrogens is 146 g/mol. The highest BCUT2D eigenvalue weighted by atomic mass is 14.9. The summed E-state index contributed by atoms with van der Waals surface area (Å²) in [6, 6.07) is 0. The molecule has 1 aliphatic carbocycles. The number of rotatable bonds is 0. The minimum atomic E-state index is 1.17. The topological polar surface area (TPSA) is 12.0 Å². The van der Waals surface area contributed by atoms with Gasteiger partial charge >= 0.3 is 0 Å². The molecule has 0 saturated carbocycles. The molecule has 1 fully saturated rings. The van der Waals surface area contributed by atoms with Gasteiger partial charge in [-0.25, -0.2) is 0 Å². The molecule has 0 unspecified atom stereocenters. The lowest BCUT2D eigenvalue weighted by atomic mass is 9.96. The molecule has 0 radical (unpaired) electrons. The normalized spacial score (nSPS) is 20.5. The number of fused-ring (bicyclic) bond motifs is 1. The lowest BCUT2D eigenvalue weighted by Gasteiger charge is -2.22. The molecule has 0 spiro atoms. The third kappa shape index (κ3) is 2.13. The molecule has 1 aliphatic heterocycles. The standard InChI is InChI=1S/C9H13N.C2H6/c1-2-6-9-8(4-1)5-3-7-10-9;1-2/h4,6,10H,1-3,5,7H2;1-2H3. The lowest BCUT2D eigenvalue weighted by molar-refractivity contribution is 0.654. The Morgan fingerprint density at radius 3 is 2.67 bits per heavy atom. The molecule has 1 heteroatoms. The Hall–Kier alpha value is -0.720. The third-order valence-corrected chi connectivity index (χ3v) is 2.19. The molecule has 12 heavy (non-hydrogen) atoms. The number of hydrogen-bond donors (Lipinski definition) is 1. The molecule has 0 bridgehead atoms. The summed E-state index contributed by atoms with van der Waals surface area (Å²) in [5.74, 6) is 0. The van der Waals surface area contributed by atoms with Gasteiger partial charge in [0.15, 0.2) is 0 Å². The van der Waals surface area contributed by atoms with Crippen LogP contribution >= 0.6 is 0 Å². The first kappa shape index (κ1) is 9.37. The highest BCUT2D eigenvalue weighted by Gasteiger charge is 2.11. The minimum absolute atomic E-state index is 1.17. The second-order valence-corrected chi connectivity index (χ2v) is 2.95. The van der Waals surface area contributed by atoms with Crippen molar-refractivity contribution in [2.75, 3.05) is 6.54 Å². The van der Waals surface area contributed by atoms with Crippen molar-refractivity contribution >= 4 is 0 Å². The van der Waals surface area contributed by atoms with Crippen LogP contribution in [0.2, 0.25) is 0 Å². The SMILES string of the molecule is C1=C2CCCNC2=CCC1.CC. The second-order valence-electron chi connectivity index (χ2n) is 2.95. The van der Waals surface area contributed by atoms with E-state index in [2.05, 4.69) is 17.5 Å². The van der Waals surface area contributed by atoms with Gasteiger partial charge in [-0.15, -0.1) is 0 Å². The maximum atomic E-state index is 3.41. The van der Waals surface area contributed by atoms with Gasteiger partial charge < -0.3 is 5.32 Å². The van der Waals surface area contributed by atoms with Crippen LogP contribution in [0.1, 0.15) is 39.5 Å². The Morgan fingerprint density at radius 2 is 1.92 bits per heavy atom. The first-order valence-corrected chi connectivity index (χ1v) is 5.10. The fourth-order valence-corrected chi connectivity index (χ4v) is 1.65. The summed E-state index contributed by atoms with van der Waals surface area (Å²) < 4.78 is 0. The van der Waals surface area contributed by atoms with Crippen molar-refractivity contribution in [1.29, 1.82) is 0 Å². The van der Waals surface area contributed by atoms with E-state index in [1.807, 2.05) is 13.8 Å². The van der Waals surface area contributed by atoms with Crippen LogP contribution in [0.5, 0.6) is 0 Å². The average Bonchev–Trinajstić information content (AvgIpc) is 2.21. The van der Waals surface area contributed by atoms with Gasteiger partial charge in [-0.05, 0) is 31.3 Å². The predicted molar refractivity (Wildman–Crippen MR) is 54.0 cm³/mol. The summed E-state index contributed by atoms with van der Waals surface area (Å²) >= 11 is 0. The molecule has 68 valence electrons. The van der Waals surface area contributed by atoms with E-state index in [0.29, 0.717) is 0 Å². The van der Waals surface area contributed by atoms with E-state index in [9.17, 15) is 0 Å². The highest BCUT2D eigenvalue weighted by Crippen LogP contribution is 2.23. The van der Waals surface area contributed by atoms with Crippen molar-refractivity contribution < 1.29 is 0 Å². The van der Waals surface area contributed by atoms with Crippen molar-refractivity contribution in [3.8, 4) is 0 Å². The van der Waals surface area contributed by atoms with Crippen molar-refractivity contribution in [3.63, 3.8) is 0 Å². The molecule has 1 saturated heterocycles. The van der Waals surface area contributed by atoms with Crippen molar-refractivity contribution in [2.45, 2.75) is 39.5 Å². The monoisotopic (exact) mass is 165 g/mol. The Labute approximate surface area is 75.6 Å². The molecule has 0 aromatic rings. The van der Waals surface area contributed by atoms with Gasteiger partial charge in [0.1, 0.15) is 0 Å². The van der Waals surface area contributed by atoms with Crippen molar-refractivity contribution in [2.24, 2.45) is 0 Å². The van der Waals surface area contributed by atoms with Gasteiger partial charge in [-0.2, -0.15) is 0 Å². The molecule has 1 nitrogen and oxygen atoms in total. The van der Waals surface area contributed by atoms with Gasteiger partial charge in [0.2, 0.25) is 0 Å². The van der Waals surface area contributed by atoms with E-state index in [1.54, 1.807) is 5.57 Å². The molecule has 2 aliphatic rings. The van der Waals surface area contributed by atoms with E-state index < -0.39 is 0 Å². The summed E-state index contributed by atoms with van der Waals surface area (Å²) in [7, 11) is 0. The smallest absolute Gasteiger partial charge is 0.0329 e. The maximum Gasteiger partial charge on any atom is 0.0329 e. The van der Waals surface area contributed by atoms with Gasteiger partial charge in [0, 0.05) is 12.2 Å². The molecule has 1 N–H and O–H groups in total. The second kappa shape index (κ2) is 5.02. The lowest BCUT2D eigenvalue weighted by Crippen LogP contribution is -2.22. The first-order valence-electron chi connectivity index (χ1n) is 5.10. The zero-order chi connectivity index (χ0) is 8.81. The third-order valence-electron chi connectivity index (χ3n) is 2.19. The maximum absolute atomic E-state index is 3.41. The van der Waals surface area contributed by atoms with Crippen LogP contribution in [0.15, 0.2) is 23.4 Å². The van der Waals surface area contributed by atoms with Gasteiger partial charge in [-0.1, -0.05) is 26.0 Å². The Kier molecular flexibility index (Phi) is 3.92. The average molecular weight is 165 g/mol. The van der Waals surface area contributed by atoms with E-state index in [4.69, 9.17) is 0 Å². The number of nitrogens with one attached hydrogen (secondary N) is 1. The fraction of sp³-hybridized carbons (Fsp3) is 0.636. The van der Waals surface area contributed by atoms with E-state index in [-0.39, 0.29) is 0 Å². The van der Waals surface area contributed by atoms with Crippen LogP contribution in [-0.4, -0.2) is 6.54 Å². The van der Waals surface area contributed by atoms with Crippen LogP contribution in [0, 0.1) is 0 Å². The summed E-state index contributed by atoms with van der Waals surface area (Å²) in [4.78, 5) is 0. The Bertz CT molecular complexity index is 167. The molecule has 1 heterocycles. The van der Waals surface area contributed by atoms with E-state index in [1.165, 1.54) is 37.9 Å². The zero-order valence-electron chi connectivity index (χ0n) is 8.19. The van der Waals surface area contributed by atoms with Crippen LogP contribution in [0.3, 0.4) is 0 Å². The summed E-state index contributed by atoms with van der Waals surface area (Å²) in [5.41, 5.74) is 2.97. The highest BCUT2D eigenvalue weighted by molar-refractivity contribution is 5.33. The first-order chi connectivity index (χ1) is 5.97. The minimum Gasteiger partial charge on any atom is -0.385 e. The van der Waals surface area contributed by atoms with Crippen molar-refractivity contribution in [1.82, 2.24) is 5.32 Å². The van der Waals surface area contributed by atoms with Gasteiger partial charge in [-0.3, -0.25) is 0 Å². The summed E-state index contributed by atoms with van der Waals surface area (Å²) in [6.07, 6.45) is 9.78. The van der Waals surface area contributed by atoms with Crippen LogP contribution in [0.25, 0.3) is 0 Å². The predicted octanol–water partition coefficient (Wildman–Crippen LogP) is 3.00. The van der Waals surface area contributed by atoms with Gasteiger partial charge in [0.05, 0.1) is 0 Å². The number of hydrogen-bond acceptors (Lipinski definition) is 1. The fourth-order valence-electron chi connectivity index (χ4n) is 1.65. The van der Waals surface area contributed by atoms with E-state index in [0.717, 1.165) is 0 Å². The molecule has 0 aromatic heterocycles. The zero-order valence-corrected chi connectivity index (χ0v) is 8.19. The number of piperidine rings is 1. The number of allylic oxidation sites excluding steroid dienone is 3. The van der Waals surface area contributed by atoms with Crippen molar-refractivity contribution in [3.05, 3.63) is 23.4 Å². The molecule has 0 atom stereocenters. The summed E-state index contributed by atoms with van der Waals surface area (Å²) in [6.45, 7) is 5.17. The van der Waals surface area contributed by atoms with Gasteiger partial charge in [0.25, 0.3) is 0 Å². The molecular formula is C11H19N.